The third kappa shape index (κ3) is 2.39. The lowest BCUT2D eigenvalue weighted by Gasteiger charge is -2.02. The van der Waals surface area contributed by atoms with Crippen LogP contribution in [0.5, 0.6) is 0 Å². The molecule has 0 spiro atoms. The van der Waals surface area contributed by atoms with Crippen LogP contribution in [0.15, 0.2) is 48.7 Å². The number of benzene rings is 1. The maximum Gasteiger partial charge on any atom is 0.309 e. The summed E-state index contributed by atoms with van der Waals surface area (Å²) < 4.78 is 1.47. The number of nitrogens with zero attached hydrogens (tertiary/aromatic N) is 3. The van der Waals surface area contributed by atoms with Crippen molar-refractivity contribution < 1.29 is 14.8 Å². The van der Waals surface area contributed by atoms with Gasteiger partial charge >= 0.3 is 5.97 Å². The molecule has 22 heavy (non-hydrogen) atoms. The number of hydrogen-bond donors (Lipinski definition) is 1. The van der Waals surface area contributed by atoms with Crippen molar-refractivity contribution in [1.29, 1.82) is 0 Å². The minimum Gasteiger partial charge on any atom is -0.481 e. The Kier molecular flexibility index (Phi) is 3.30. The number of carboxylic acid groups (broad SMARTS) is 1. The van der Waals surface area contributed by atoms with E-state index in [9.17, 15) is 14.9 Å². The summed E-state index contributed by atoms with van der Waals surface area (Å²) in [6.45, 7) is 0. The summed E-state index contributed by atoms with van der Waals surface area (Å²) in [7, 11) is 0. The van der Waals surface area contributed by atoms with Crippen molar-refractivity contribution in [2.75, 3.05) is 0 Å². The number of pyridine rings is 1. The number of nitro groups is 1. The zero-order valence-corrected chi connectivity index (χ0v) is 11.3. The lowest BCUT2D eigenvalue weighted by Crippen LogP contribution is -2.05. The molecule has 2 aromatic heterocycles. The fourth-order valence-electron chi connectivity index (χ4n) is 2.33. The molecular weight excluding hydrogens is 286 g/mol. The number of fused-ring (bicyclic) bond motifs is 1. The number of hydrogen-bond acceptors (Lipinski definition) is 4. The first kappa shape index (κ1) is 13.7. The summed E-state index contributed by atoms with van der Waals surface area (Å²) in [5, 5.41) is 20.0. The van der Waals surface area contributed by atoms with Crippen molar-refractivity contribution in [3.05, 3.63) is 64.5 Å². The van der Waals surface area contributed by atoms with Gasteiger partial charge in [0.15, 0.2) is 0 Å². The van der Waals surface area contributed by atoms with E-state index in [2.05, 4.69) is 4.98 Å². The summed E-state index contributed by atoms with van der Waals surface area (Å²) in [6.07, 6.45) is 1.03. The van der Waals surface area contributed by atoms with E-state index in [4.69, 9.17) is 5.11 Å². The summed E-state index contributed by atoms with van der Waals surface area (Å²) in [4.78, 5) is 25.9. The molecule has 0 radical (unpaired) electrons. The number of aromatic nitrogens is 2. The number of carbonyl (C=O) groups is 1. The van der Waals surface area contributed by atoms with E-state index in [0.717, 1.165) is 5.56 Å². The number of carboxylic acids is 1. The number of rotatable bonds is 4. The van der Waals surface area contributed by atoms with E-state index in [1.807, 2.05) is 30.3 Å². The van der Waals surface area contributed by atoms with Crippen LogP contribution in [-0.2, 0) is 11.2 Å². The highest BCUT2D eigenvalue weighted by Crippen LogP contribution is 2.26. The first-order valence-corrected chi connectivity index (χ1v) is 6.49. The molecule has 1 N–H and O–H groups in total. The minimum atomic E-state index is -1.02. The molecular formula is C15H11N3O4. The van der Waals surface area contributed by atoms with Crippen LogP contribution in [0.1, 0.15) is 5.69 Å². The summed E-state index contributed by atoms with van der Waals surface area (Å²) in [5.74, 6) is -1.02. The van der Waals surface area contributed by atoms with Gasteiger partial charge in [-0.3, -0.25) is 19.3 Å². The van der Waals surface area contributed by atoms with Gasteiger partial charge < -0.3 is 5.11 Å². The Morgan fingerprint density at radius 2 is 1.95 bits per heavy atom. The van der Waals surface area contributed by atoms with E-state index in [0.29, 0.717) is 17.0 Å². The molecule has 0 atom stereocenters. The quantitative estimate of drug-likeness (QED) is 0.589. The number of aliphatic carboxylic acids is 1. The molecule has 110 valence electrons. The van der Waals surface area contributed by atoms with Gasteiger partial charge in [0.05, 0.1) is 28.9 Å². The Labute approximate surface area is 124 Å². The van der Waals surface area contributed by atoms with Crippen molar-refractivity contribution in [2.24, 2.45) is 0 Å². The molecule has 1 aromatic carbocycles. The van der Waals surface area contributed by atoms with Gasteiger partial charge in [0.1, 0.15) is 5.65 Å². The van der Waals surface area contributed by atoms with Crippen molar-refractivity contribution in [3.8, 4) is 11.3 Å². The van der Waals surface area contributed by atoms with Gasteiger partial charge in [0, 0.05) is 11.6 Å². The fourth-order valence-corrected chi connectivity index (χ4v) is 2.33. The van der Waals surface area contributed by atoms with Crippen molar-refractivity contribution in [1.82, 2.24) is 9.38 Å². The molecule has 0 saturated carbocycles. The van der Waals surface area contributed by atoms with E-state index < -0.39 is 10.9 Å². The minimum absolute atomic E-state index is 0.115. The van der Waals surface area contributed by atoms with Crippen LogP contribution in [0.4, 0.5) is 5.69 Å². The van der Waals surface area contributed by atoms with Crippen LogP contribution < -0.4 is 0 Å². The Bertz CT molecular complexity index is 871. The van der Waals surface area contributed by atoms with Crippen LogP contribution in [0.25, 0.3) is 16.9 Å². The monoisotopic (exact) mass is 297 g/mol. The third-order valence-electron chi connectivity index (χ3n) is 3.28. The SMILES string of the molecule is O=C(O)Cc1c(-c2ccccc2)nc2ccc([N+](=O)[O-])cn12. The average molecular weight is 297 g/mol. The van der Waals surface area contributed by atoms with Crippen LogP contribution >= 0.6 is 0 Å². The Hall–Kier alpha value is -3.22. The molecule has 7 heteroatoms. The standard InChI is InChI=1S/C15H11N3O4/c19-14(20)8-12-15(10-4-2-1-3-5-10)16-13-7-6-11(18(21)22)9-17(12)13/h1-7,9H,8H2,(H,19,20). The molecule has 0 aliphatic carbocycles. The maximum atomic E-state index is 11.1. The maximum absolute atomic E-state index is 11.1. The third-order valence-corrected chi connectivity index (χ3v) is 3.28. The van der Waals surface area contributed by atoms with Crippen LogP contribution in [0.2, 0.25) is 0 Å². The highest BCUT2D eigenvalue weighted by molar-refractivity contribution is 5.76. The fraction of sp³-hybridized carbons (Fsp3) is 0.0667. The van der Waals surface area contributed by atoms with E-state index in [1.165, 1.54) is 22.7 Å². The lowest BCUT2D eigenvalue weighted by molar-refractivity contribution is -0.385. The summed E-state index contributed by atoms with van der Waals surface area (Å²) >= 11 is 0. The average Bonchev–Trinajstić information content (AvgIpc) is 2.85. The molecule has 3 rings (SSSR count). The molecule has 0 amide bonds. The molecule has 0 saturated heterocycles. The van der Waals surface area contributed by atoms with Crippen molar-refractivity contribution >= 4 is 17.3 Å². The first-order valence-electron chi connectivity index (χ1n) is 6.49. The Morgan fingerprint density at radius 3 is 2.59 bits per heavy atom. The zero-order valence-electron chi connectivity index (χ0n) is 11.3. The van der Waals surface area contributed by atoms with Crippen LogP contribution in [0, 0.1) is 10.1 Å². The highest BCUT2D eigenvalue weighted by atomic mass is 16.6. The Balaban J connectivity index is 2.27. The highest BCUT2D eigenvalue weighted by Gasteiger charge is 2.18. The lowest BCUT2D eigenvalue weighted by atomic mass is 10.1. The molecule has 0 fully saturated rings. The predicted molar refractivity (Wildman–Crippen MR) is 78.6 cm³/mol. The van der Waals surface area contributed by atoms with Gasteiger partial charge in [-0.2, -0.15) is 0 Å². The van der Waals surface area contributed by atoms with Crippen molar-refractivity contribution in [2.45, 2.75) is 6.42 Å². The van der Waals surface area contributed by atoms with Crippen molar-refractivity contribution in [3.63, 3.8) is 0 Å². The summed E-state index contributed by atoms with van der Waals surface area (Å²) in [6, 6.07) is 12.0. The zero-order chi connectivity index (χ0) is 15.7. The summed E-state index contributed by atoms with van der Waals surface area (Å²) in [5.41, 5.74) is 2.06. The normalized spacial score (nSPS) is 10.7. The predicted octanol–water partition coefficient (Wildman–Crippen LogP) is 2.54. The van der Waals surface area contributed by atoms with Crippen LogP contribution in [0.3, 0.4) is 0 Å². The molecule has 2 heterocycles. The molecule has 0 bridgehead atoms. The second-order valence-electron chi connectivity index (χ2n) is 4.72. The van der Waals surface area contributed by atoms with E-state index in [1.54, 1.807) is 0 Å². The van der Waals surface area contributed by atoms with Gasteiger partial charge in [-0.05, 0) is 6.07 Å². The Morgan fingerprint density at radius 1 is 1.23 bits per heavy atom. The van der Waals surface area contributed by atoms with Gasteiger partial charge in [-0.25, -0.2) is 4.98 Å². The van der Waals surface area contributed by atoms with Gasteiger partial charge in [0.25, 0.3) is 5.69 Å². The van der Waals surface area contributed by atoms with Gasteiger partial charge in [-0.1, -0.05) is 30.3 Å². The molecule has 3 aromatic rings. The second-order valence-corrected chi connectivity index (χ2v) is 4.72. The number of imidazole rings is 1. The molecule has 0 aliphatic heterocycles. The largest absolute Gasteiger partial charge is 0.481 e. The molecule has 7 nitrogen and oxygen atoms in total. The van der Waals surface area contributed by atoms with E-state index >= 15 is 0 Å². The molecule has 0 aliphatic rings. The topological polar surface area (TPSA) is 97.7 Å². The van der Waals surface area contributed by atoms with E-state index in [-0.39, 0.29) is 12.1 Å². The van der Waals surface area contributed by atoms with Gasteiger partial charge in [-0.15, -0.1) is 0 Å². The smallest absolute Gasteiger partial charge is 0.309 e. The second kappa shape index (κ2) is 5.28. The van der Waals surface area contributed by atoms with Crippen LogP contribution in [-0.4, -0.2) is 25.4 Å². The van der Waals surface area contributed by atoms with Gasteiger partial charge in [0.2, 0.25) is 0 Å². The first-order chi connectivity index (χ1) is 10.6. The molecule has 0 unspecified atom stereocenters.